The minimum atomic E-state index is 0.566. The number of aromatic amines is 1. The third-order valence-electron chi connectivity index (χ3n) is 2.77. The number of aromatic nitrogens is 2. The summed E-state index contributed by atoms with van der Waals surface area (Å²) in [6.45, 7) is 8.89. The molecule has 0 saturated carbocycles. The number of hydrogen-bond donors (Lipinski definition) is 1. The molecule has 0 spiro atoms. The molecule has 14 heavy (non-hydrogen) atoms. The largest absolute Gasteiger partial charge is 0.346 e. The van der Waals surface area contributed by atoms with Crippen molar-refractivity contribution in [1.29, 1.82) is 0 Å². The van der Waals surface area contributed by atoms with Crippen molar-refractivity contribution < 1.29 is 0 Å². The van der Waals surface area contributed by atoms with Crippen LogP contribution in [-0.2, 0) is 0 Å². The first-order valence-electron chi connectivity index (χ1n) is 5.29. The summed E-state index contributed by atoms with van der Waals surface area (Å²) in [6.07, 6.45) is 4.28. The van der Waals surface area contributed by atoms with Gasteiger partial charge in [0.05, 0.1) is 0 Å². The van der Waals surface area contributed by atoms with Crippen molar-refractivity contribution in [3.63, 3.8) is 0 Å². The number of H-pyrrole nitrogens is 1. The molecule has 2 nitrogen and oxygen atoms in total. The maximum absolute atomic E-state index is 3.36. The van der Waals surface area contributed by atoms with E-state index < -0.39 is 0 Å². The Bertz CT molecular complexity index is 390. The van der Waals surface area contributed by atoms with Crippen molar-refractivity contribution in [2.24, 2.45) is 0 Å². The van der Waals surface area contributed by atoms with Crippen LogP contribution in [-0.4, -0.2) is 9.38 Å². The van der Waals surface area contributed by atoms with E-state index in [2.05, 4.69) is 55.5 Å². The Morgan fingerprint density at radius 1 is 1.14 bits per heavy atom. The molecule has 0 saturated heterocycles. The Balaban J connectivity index is 2.61. The Labute approximate surface area is 84.9 Å². The average molecular weight is 190 g/mol. The Morgan fingerprint density at radius 2 is 1.86 bits per heavy atom. The van der Waals surface area contributed by atoms with Gasteiger partial charge < -0.3 is 9.38 Å². The molecular formula is C12H18N2. The third kappa shape index (κ3) is 1.26. The van der Waals surface area contributed by atoms with Crippen molar-refractivity contribution in [3.05, 3.63) is 29.7 Å². The second-order valence-electron chi connectivity index (χ2n) is 4.51. The fraction of sp³-hybridized carbons (Fsp3) is 0.500. The van der Waals surface area contributed by atoms with Gasteiger partial charge in [-0.25, -0.2) is 0 Å². The van der Waals surface area contributed by atoms with Crippen molar-refractivity contribution in [2.75, 3.05) is 0 Å². The quantitative estimate of drug-likeness (QED) is 0.748. The van der Waals surface area contributed by atoms with Gasteiger partial charge in [0.2, 0.25) is 0 Å². The maximum Gasteiger partial charge on any atom is 0.117 e. The van der Waals surface area contributed by atoms with E-state index in [0.29, 0.717) is 11.8 Å². The second-order valence-corrected chi connectivity index (χ2v) is 4.51. The summed E-state index contributed by atoms with van der Waals surface area (Å²) in [6, 6.07) is 2.21. The minimum absolute atomic E-state index is 0.566. The van der Waals surface area contributed by atoms with Gasteiger partial charge in [0.1, 0.15) is 5.65 Å². The van der Waals surface area contributed by atoms with Crippen LogP contribution in [0.4, 0.5) is 0 Å². The summed E-state index contributed by atoms with van der Waals surface area (Å²) < 4.78 is 2.26. The van der Waals surface area contributed by atoms with Crippen LogP contribution in [0.25, 0.3) is 5.65 Å². The molecule has 0 aliphatic carbocycles. The molecule has 2 heterocycles. The van der Waals surface area contributed by atoms with E-state index in [1.54, 1.807) is 0 Å². The summed E-state index contributed by atoms with van der Waals surface area (Å²) in [5, 5.41) is 0. The Morgan fingerprint density at radius 3 is 2.43 bits per heavy atom. The summed E-state index contributed by atoms with van der Waals surface area (Å²) in [4.78, 5) is 3.36. The van der Waals surface area contributed by atoms with E-state index in [0.717, 1.165) is 0 Å². The van der Waals surface area contributed by atoms with E-state index in [1.807, 2.05) is 0 Å². The van der Waals surface area contributed by atoms with Crippen LogP contribution < -0.4 is 0 Å². The van der Waals surface area contributed by atoms with Crippen LogP contribution in [0.5, 0.6) is 0 Å². The molecule has 0 aliphatic heterocycles. The fourth-order valence-corrected chi connectivity index (χ4v) is 1.94. The summed E-state index contributed by atoms with van der Waals surface area (Å²) in [5.41, 5.74) is 4.01. The van der Waals surface area contributed by atoms with Crippen LogP contribution in [0, 0.1) is 0 Å². The smallest absolute Gasteiger partial charge is 0.117 e. The van der Waals surface area contributed by atoms with E-state index in [-0.39, 0.29) is 0 Å². The molecule has 76 valence electrons. The fourth-order valence-electron chi connectivity index (χ4n) is 1.94. The lowest BCUT2D eigenvalue weighted by Crippen LogP contribution is -1.91. The molecule has 1 N–H and O–H groups in total. The van der Waals surface area contributed by atoms with Crippen molar-refractivity contribution in [3.8, 4) is 0 Å². The lowest BCUT2D eigenvalue weighted by molar-refractivity contribution is 0.810. The van der Waals surface area contributed by atoms with E-state index >= 15 is 0 Å². The molecule has 0 fully saturated rings. The van der Waals surface area contributed by atoms with Gasteiger partial charge in [-0.1, -0.05) is 27.7 Å². The summed E-state index contributed by atoms with van der Waals surface area (Å²) in [5.74, 6) is 1.15. The zero-order valence-electron chi connectivity index (χ0n) is 9.33. The Hall–Kier alpha value is -1.18. The number of fused-ring (bicyclic) bond motifs is 1. The van der Waals surface area contributed by atoms with Gasteiger partial charge in [-0.05, 0) is 23.5 Å². The number of imidazole rings is 1. The van der Waals surface area contributed by atoms with Crippen molar-refractivity contribution >= 4 is 5.65 Å². The molecule has 2 rings (SSSR count). The van der Waals surface area contributed by atoms with Crippen molar-refractivity contribution in [2.45, 2.75) is 39.5 Å². The summed E-state index contributed by atoms with van der Waals surface area (Å²) >= 11 is 0. The van der Waals surface area contributed by atoms with Gasteiger partial charge in [0.25, 0.3) is 0 Å². The lowest BCUT2D eigenvalue weighted by atomic mass is 10.1. The van der Waals surface area contributed by atoms with Gasteiger partial charge in [0, 0.05) is 18.1 Å². The molecule has 0 aliphatic rings. The van der Waals surface area contributed by atoms with Gasteiger partial charge in [-0.2, -0.15) is 0 Å². The number of rotatable bonds is 2. The minimum Gasteiger partial charge on any atom is -0.346 e. The molecule has 0 radical (unpaired) electrons. The molecule has 0 aromatic carbocycles. The first kappa shape index (κ1) is 9.38. The van der Waals surface area contributed by atoms with Crippen molar-refractivity contribution in [1.82, 2.24) is 9.38 Å². The highest BCUT2D eigenvalue weighted by molar-refractivity contribution is 5.52. The second kappa shape index (κ2) is 3.19. The van der Waals surface area contributed by atoms with Crippen LogP contribution in [0.1, 0.15) is 50.8 Å². The lowest BCUT2D eigenvalue weighted by Gasteiger charge is -2.02. The van der Waals surface area contributed by atoms with Gasteiger partial charge in [0.15, 0.2) is 0 Å². The van der Waals surface area contributed by atoms with E-state index in [9.17, 15) is 0 Å². The van der Waals surface area contributed by atoms with Gasteiger partial charge in [-0.15, -0.1) is 0 Å². The van der Waals surface area contributed by atoms with Gasteiger partial charge in [-0.3, -0.25) is 0 Å². The van der Waals surface area contributed by atoms with Crippen LogP contribution in [0.3, 0.4) is 0 Å². The average Bonchev–Trinajstić information content (AvgIpc) is 2.59. The maximum atomic E-state index is 3.36. The number of nitrogens with one attached hydrogen (secondary N) is 1. The normalized spacial score (nSPS) is 12.1. The van der Waals surface area contributed by atoms with Crippen LogP contribution >= 0.6 is 0 Å². The number of nitrogens with zero attached hydrogens (tertiary/aromatic N) is 1. The highest BCUT2D eigenvalue weighted by Gasteiger charge is 2.11. The third-order valence-corrected chi connectivity index (χ3v) is 2.77. The SMILES string of the molecule is CC(C)c1ccn2c(C(C)C)c[nH]c12. The molecule has 0 atom stereocenters. The first-order valence-corrected chi connectivity index (χ1v) is 5.29. The molecule has 2 aromatic rings. The van der Waals surface area contributed by atoms with Crippen LogP contribution in [0.2, 0.25) is 0 Å². The van der Waals surface area contributed by atoms with Crippen LogP contribution in [0.15, 0.2) is 18.5 Å². The first-order chi connectivity index (χ1) is 6.61. The predicted molar refractivity (Wildman–Crippen MR) is 59.9 cm³/mol. The Kier molecular flexibility index (Phi) is 2.14. The zero-order valence-corrected chi connectivity index (χ0v) is 9.33. The highest BCUT2D eigenvalue weighted by atomic mass is 15.0. The monoisotopic (exact) mass is 190 g/mol. The number of hydrogen-bond acceptors (Lipinski definition) is 0. The zero-order chi connectivity index (χ0) is 10.3. The molecule has 0 bridgehead atoms. The standard InChI is InChI=1S/C12H18N2/c1-8(2)10-5-6-14-11(9(3)4)7-13-12(10)14/h5-9,13H,1-4H3. The predicted octanol–water partition coefficient (Wildman–Crippen LogP) is 3.51. The molecular weight excluding hydrogens is 172 g/mol. The highest BCUT2D eigenvalue weighted by Crippen LogP contribution is 2.24. The topological polar surface area (TPSA) is 20.2 Å². The molecule has 0 unspecified atom stereocenters. The summed E-state index contributed by atoms with van der Waals surface area (Å²) in [7, 11) is 0. The van der Waals surface area contributed by atoms with E-state index in [4.69, 9.17) is 0 Å². The molecule has 2 heteroatoms. The molecule has 2 aromatic heterocycles. The molecule has 0 amide bonds. The van der Waals surface area contributed by atoms with Gasteiger partial charge >= 0.3 is 0 Å². The van der Waals surface area contributed by atoms with E-state index in [1.165, 1.54) is 16.9 Å².